The summed E-state index contributed by atoms with van der Waals surface area (Å²) < 4.78 is 5.45. The van der Waals surface area contributed by atoms with Gasteiger partial charge in [-0.2, -0.15) is 0 Å². The molecule has 1 aromatic carbocycles. The largest absolute Gasteiger partial charge is 0.496 e. The highest BCUT2D eigenvalue weighted by molar-refractivity contribution is 6.32. The van der Waals surface area contributed by atoms with Gasteiger partial charge in [-0.3, -0.25) is 0 Å². The molecule has 0 unspecified atom stereocenters. The molecule has 3 N–H and O–H groups in total. The highest BCUT2D eigenvalue weighted by Gasteiger charge is 2.16. The van der Waals surface area contributed by atoms with Crippen LogP contribution < -0.4 is 10.5 Å². The molecule has 0 aliphatic rings. The Balaban J connectivity index is 2.56. The summed E-state index contributed by atoms with van der Waals surface area (Å²) in [5, 5.41) is 0.755. The van der Waals surface area contributed by atoms with Crippen molar-refractivity contribution in [2.45, 2.75) is 20.3 Å². The molecule has 0 spiro atoms. The highest BCUT2D eigenvalue weighted by atomic mass is 35.5. The first-order chi connectivity index (χ1) is 9.08. The quantitative estimate of drug-likeness (QED) is 0.904. The number of nitrogens with two attached hydrogens (primary N) is 1. The average Bonchev–Trinajstić information content (AvgIpc) is 2.84. The molecule has 0 amide bonds. The second-order valence-electron chi connectivity index (χ2n) is 4.49. The molecule has 102 valence electrons. The molecule has 0 atom stereocenters. The van der Waals surface area contributed by atoms with Crippen molar-refractivity contribution in [2.24, 2.45) is 5.73 Å². The zero-order valence-electron chi connectivity index (χ0n) is 11.4. The van der Waals surface area contributed by atoms with Crippen LogP contribution in [0.15, 0.2) is 12.3 Å². The van der Waals surface area contributed by atoms with Crippen LogP contribution in [0.2, 0.25) is 5.02 Å². The second-order valence-corrected chi connectivity index (χ2v) is 4.87. The van der Waals surface area contributed by atoms with E-state index in [2.05, 4.69) is 9.97 Å². The molecule has 0 saturated heterocycles. The topological polar surface area (TPSA) is 63.9 Å². The first-order valence-electron chi connectivity index (χ1n) is 6.16. The van der Waals surface area contributed by atoms with Crippen molar-refractivity contribution in [1.29, 1.82) is 0 Å². The number of rotatable bonds is 4. The van der Waals surface area contributed by atoms with Crippen LogP contribution in [0.3, 0.4) is 0 Å². The summed E-state index contributed by atoms with van der Waals surface area (Å²) in [6.07, 6.45) is 2.52. The summed E-state index contributed by atoms with van der Waals surface area (Å²) in [5.74, 6) is 1.66. The van der Waals surface area contributed by atoms with E-state index in [9.17, 15) is 0 Å². The summed E-state index contributed by atoms with van der Waals surface area (Å²) >= 11 is 6.32. The van der Waals surface area contributed by atoms with Gasteiger partial charge in [-0.05, 0) is 37.6 Å². The van der Waals surface area contributed by atoms with Crippen LogP contribution in [0, 0.1) is 13.8 Å². The monoisotopic (exact) mass is 279 g/mol. The summed E-state index contributed by atoms with van der Waals surface area (Å²) in [5.41, 5.74) is 9.38. The van der Waals surface area contributed by atoms with E-state index in [0.717, 1.165) is 45.4 Å². The van der Waals surface area contributed by atoms with Crippen LogP contribution in [-0.4, -0.2) is 23.6 Å². The van der Waals surface area contributed by atoms with E-state index in [0.29, 0.717) is 6.54 Å². The van der Waals surface area contributed by atoms with E-state index in [-0.39, 0.29) is 0 Å². The normalized spacial score (nSPS) is 10.8. The Morgan fingerprint density at radius 1 is 1.42 bits per heavy atom. The van der Waals surface area contributed by atoms with Crippen LogP contribution in [0.4, 0.5) is 0 Å². The molecular formula is C14H18ClN3O. The molecule has 5 heteroatoms. The summed E-state index contributed by atoms with van der Waals surface area (Å²) in [6.45, 7) is 4.52. The van der Waals surface area contributed by atoms with Crippen LogP contribution in [-0.2, 0) is 6.42 Å². The van der Waals surface area contributed by atoms with Crippen molar-refractivity contribution in [2.75, 3.05) is 13.7 Å². The molecule has 2 aromatic rings. The molecule has 19 heavy (non-hydrogen) atoms. The molecule has 0 radical (unpaired) electrons. The maximum atomic E-state index is 6.32. The van der Waals surface area contributed by atoms with Gasteiger partial charge >= 0.3 is 0 Å². The van der Waals surface area contributed by atoms with Crippen molar-refractivity contribution in [3.8, 4) is 17.0 Å². The minimum absolute atomic E-state index is 0.567. The van der Waals surface area contributed by atoms with E-state index in [1.54, 1.807) is 13.3 Å². The van der Waals surface area contributed by atoms with Crippen molar-refractivity contribution in [1.82, 2.24) is 9.97 Å². The van der Waals surface area contributed by atoms with Gasteiger partial charge in [0.15, 0.2) is 0 Å². The minimum atomic E-state index is 0.567. The predicted molar refractivity (Wildman–Crippen MR) is 77.8 cm³/mol. The molecule has 2 rings (SSSR count). The fraction of sp³-hybridized carbons (Fsp3) is 0.357. The summed E-state index contributed by atoms with van der Waals surface area (Å²) in [4.78, 5) is 7.58. The van der Waals surface area contributed by atoms with Gasteiger partial charge < -0.3 is 15.5 Å². The van der Waals surface area contributed by atoms with Crippen LogP contribution in [0.5, 0.6) is 5.75 Å². The van der Waals surface area contributed by atoms with Gasteiger partial charge in [0.1, 0.15) is 11.6 Å². The second kappa shape index (κ2) is 5.63. The average molecular weight is 280 g/mol. The molecule has 1 heterocycles. The number of hydrogen-bond acceptors (Lipinski definition) is 3. The van der Waals surface area contributed by atoms with E-state index in [4.69, 9.17) is 22.1 Å². The number of halogens is 1. The fourth-order valence-electron chi connectivity index (χ4n) is 2.17. The maximum Gasteiger partial charge on any atom is 0.128 e. The van der Waals surface area contributed by atoms with E-state index in [1.165, 1.54) is 0 Å². The van der Waals surface area contributed by atoms with Gasteiger partial charge in [-0.15, -0.1) is 0 Å². The molecule has 0 fully saturated rings. The minimum Gasteiger partial charge on any atom is -0.496 e. The van der Waals surface area contributed by atoms with Crippen LogP contribution in [0.1, 0.15) is 17.0 Å². The lowest BCUT2D eigenvalue weighted by Crippen LogP contribution is -2.03. The van der Waals surface area contributed by atoms with Crippen molar-refractivity contribution in [3.05, 3.63) is 34.2 Å². The molecular weight excluding hydrogens is 262 g/mol. The summed E-state index contributed by atoms with van der Waals surface area (Å²) in [6, 6.07) is 1.94. The Morgan fingerprint density at radius 3 is 2.79 bits per heavy atom. The zero-order chi connectivity index (χ0) is 14.0. The van der Waals surface area contributed by atoms with Gasteiger partial charge in [0.25, 0.3) is 0 Å². The number of methoxy groups -OCH3 is 1. The standard InChI is InChI=1S/C14H18ClN3O/c1-8-6-11(19-3)13(9(2)14(8)15)10-7-17-12(18-10)4-5-16/h6-7H,4-5,16H2,1-3H3,(H,17,18). The van der Waals surface area contributed by atoms with Gasteiger partial charge in [0.2, 0.25) is 0 Å². The van der Waals surface area contributed by atoms with Crippen molar-refractivity contribution < 1.29 is 4.74 Å². The van der Waals surface area contributed by atoms with Crippen LogP contribution in [0.25, 0.3) is 11.3 Å². The van der Waals surface area contributed by atoms with Gasteiger partial charge in [0.05, 0.1) is 19.0 Å². The molecule has 0 saturated carbocycles. The molecule has 1 aromatic heterocycles. The number of aromatic nitrogens is 2. The Morgan fingerprint density at radius 2 is 2.16 bits per heavy atom. The molecule has 0 aliphatic carbocycles. The van der Waals surface area contributed by atoms with E-state index < -0.39 is 0 Å². The number of nitrogens with zero attached hydrogens (tertiary/aromatic N) is 1. The number of imidazole rings is 1. The third kappa shape index (κ3) is 2.60. The Bertz CT molecular complexity index is 593. The van der Waals surface area contributed by atoms with Gasteiger partial charge in [-0.25, -0.2) is 4.98 Å². The third-order valence-corrected chi connectivity index (χ3v) is 3.72. The smallest absolute Gasteiger partial charge is 0.128 e. The number of aromatic amines is 1. The first kappa shape index (κ1) is 13.9. The molecule has 4 nitrogen and oxygen atoms in total. The first-order valence-corrected chi connectivity index (χ1v) is 6.54. The number of nitrogens with one attached hydrogen (secondary N) is 1. The lowest BCUT2D eigenvalue weighted by molar-refractivity contribution is 0.415. The number of ether oxygens (including phenoxy) is 1. The maximum absolute atomic E-state index is 6.32. The van der Waals surface area contributed by atoms with Crippen molar-refractivity contribution in [3.63, 3.8) is 0 Å². The van der Waals surface area contributed by atoms with Crippen molar-refractivity contribution >= 4 is 11.6 Å². The molecule has 0 aliphatic heterocycles. The van der Waals surface area contributed by atoms with Gasteiger partial charge in [-0.1, -0.05) is 11.6 Å². The lowest BCUT2D eigenvalue weighted by atomic mass is 10.0. The zero-order valence-corrected chi connectivity index (χ0v) is 12.1. The summed E-state index contributed by atoms with van der Waals surface area (Å²) in [7, 11) is 1.66. The predicted octanol–water partition coefficient (Wildman–Crippen LogP) is 2.86. The Kier molecular flexibility index (Phi) is 4.12. The third-order valence-electron chi connectivity index (χ3n) is 3.14. The number of H-pyrrole nitrogens is 1. The molecule has 0 bridgehead atoms. The number of hydrogen-bond donors (Lipinski definition) is 2. The highest BCUT2D eigenvalue weighted by Crippen LogP contribution is 2.38. The number of aryl methyl sites for hydroxylation is 1. The lowest BCUT2D eigenvalue weighted by Gasteiger charge is -2.13. The van der Waals surface area contributed by atoms with Gasteiger partial charge in [0, 0.05) is 17.0 Å². The fourth-order valence-corrected chi connectivity index (χ4v) is 2.32. The van der Waals surface area contributed by atoms with E-state index in [1.807, 2.05) is 19.9 Å². The Labute approximate surface area is 117 Å². The SMILES string of the molecule is COc1cc(C)c(Cl)c(C)c1-c1cnc(CCN)[nH]1. The van der Waals surface area contributed by atoms with Crippen LogP contribution >= 0.6 is 11.6 Å². The van der Waals surface area contributed by atoms with E-state index >= 15 is 0 Å². The Hall–Kier alpha value is -1.52. The number of benzene rings is 1.